The molecule has 0 amide bonds. The van der Waals surface area contributed by atoms with Crippen molar-refractivity contribution in [3.63, 3.8) is 0 Å². The summed E-state index contributed by atoms with van der Waals surface area (Å²) in [6, 6.07) is 2.00. The molecule has 0 saturated heterocycles. The molecule has 1 aromatic heterocycles. The molecular formula is C12H19N3O. The Labute approximate surface area is 95.5 Å². The van der Waals surface area contributed by atoms with Gasteiger partial charge in [0.2, 0.25) is 0 Å². The van der Waals surface area contributed by atoms with Gasteiger partial charge in [0.05, 0.1) is 6.33 Å². The van der Waals surface area contributed by atoms with Crippen LogP contribution in [0.4, 0.5) is 5.82 Å². The fourth-order valence-corrected chi connectivity index (χ4v) is 2.37. The van der Waals surface area contributed by atoms with Gasteiger partial charge in [-0.25, -0.2) is 4.98 Å². The second-order valence-corrected chi connectivity index (χ2v) is 4.57. The van der Waals surface area contributed by atoms with Gasteiger partial charge in [-0.15, -0.1) is 0 Å². The number of H-pyrrole nitrogens is 1. The van der Waals surface area contributed by atoms with Crippen molar-refractivity contribution in [2.24, 2.45) is 5.92 Å². The standard InChI is InChI=1S/C12H19N3O/c1-2-9-3-5-10(6-4-9)15-11-7-12(16)14-8-13-11/h7-10H,2-6H2,1H3,(H2,13,14,15,16). The lowest BCUT2D eigenvalue weighted by Gasteiger charge is -2.28. The summed E-state index contributed by atoms with van der Waals surface area (Å²) in [5, 5.41) is 3.34. The Morgan fingerprint density at radius 1 is 1.44 bits per heavy atom. The number of nitrogens with one attached hydrogen (secondary N) is 2. The van der Waals surface area contributed by atoms with Crippen LogP contribution >= 0.6 is 0 Å². The van der Waals surface area contributed by atoms with E-state index in [1.54, 1.807) is 0 Å². The molecule has 0 radical (unpaired) electrons. The van der Waals surface area contributed by atoms with Gasteiger partial charge in [0, 0.05) is 12.1 Å². The Hall–Kier alpha value is -1.32. The highest BCUT2D eigenvalue weighted by Gasteiger charge is 2.19. The van der Waals surface area contributed by atoms with Crippen LogP contribution in [-0.4, -0.2) is 16.0 Å². The van der Waals surface area contributed by atoms with E-state index in [0.29, 0.717) is 11.9 Å². The predicted octanol–water partition coefficient (Wildman–Crippen LogP) is 2.15. The molecular weight excluding hydrogens is 202 g/mol. The van der Waals surface area contributed by atoms with Crippen molar-refractivity contribution >= 4 is 5.82 Å². The minimum atomic E-state index is -0.0975. The Bertz CT molecular complexity index is 380. The lowest BCUT2D eigenvalue weighted by atomic mass is 9.84. The molecule has 88 valence electrons. The molecule has 0 unspecified atom stereocenters. The zero-order valence-electron chi connectivity index (χ0n) is 9.70. The summed E-state index contributed by atoms with van der Waals surface area (Å²) in [5.41, 5.74) is -0.0975. The average molecular weight is 221 g/mol. The van der Waals surface area contributed by atoms with Crippen LogP contribution in [0.15, 0.2) is 17.2 Å². The molecule has 16 heavy (non-hydrogen) atoms. The second kappa shape index (κ2) is 5.14. The number of aromatic nitrogens is 2. The number of nitrogens with zero attached hydrogens (tertiary/aromatic N) is 1. The zero-order chi connectivity index (χ0) is 11.4. The quantitative estimate of drug-likeness (QED) is 0.822. The Balaban J connectivity index is 1.89. The van der Waals surface area contributed by atoms with Crippen molar-refractivity contribution in [2.75, 3.05) is 5.32 Å². The van der Waals surface area contributed by atoms with E-state index in [1.807, 2.05) is 0 Å². The van der Waals surface area contributed by atoms with Crippen LogP contribution in [0.5, 0.6) is 0 Å². The monoisotopic (exact) mass is 221 g/mol. The van der Waals surface area contributed by atoms with Gasteiger partial charge in [-0.05, 0) is 31.6 Å². The highest BCUT2D eigenvalue weighted by Crippen LogP contribution is 2.27. The second-order valence-electron chi connectivity index (χ2n) is 4.57. The molecule has 0 bridgehead atoms. The maximum atomic E-state index is 11.1. The lowest BCUT2D eigenvalue weighted by molar-refractivity contribution is 0.330. The molecule has 4 heteroatoms. The largest absolute Gasteiger partial charge is 0.367 e. The van der Waals surface area contributed by atoms with Crippen molar-refractivity contribution in [3.05, 3.63) is 22.7 Å². The molecule has 1 heterocycles. The van der Waals surface area contributed by atoms with Crippen LogP contribution in [0, 0.1) is 5.92 Å². The van der Waals surface area contributed by atoms with Gasteiger partial charge in [-0.1, -0.05) is 13.3 Å². The van der Waals surface area contributed by atoms with Crippen LogP contribution in [-0.2, 0) is 0 Å². The molecule has 1 fully saturated rings. The SMILES string of the molecule is CCC1CCC(Nc2cc(=O)[nH]cn2)CC1. The Morgan fingerprint density at radius 2 is 2.19 bits per heavy atom. The van der Waals surface area contributed by atoms with Crippen LogP contribution in [0.3, 0.4) is 0 Å². The molecule has 0 atom stereocenters. The van der Waals surface area contributed by atoms with E-state index in [1.165, 1.54) is 44.5 Å². The summed E-state index contributed by atoms with van der Waals surface area (Å²) in [5.74, 6) is 1.59. The Kier molecular flexibility index (Phi) is 3.59. The van der Waals surface area contributed by atoms with Crippen LogP contribution in [0.2, 0.25) is 0 Å². The minimum Gasteiger partial charge on any atom is -0.367 e. The van der Waals surface area contributed by atoms with Crippen LogP contribution < -0.4 is 10.9 Å². The van der Waals surface area contributed by atoms with E-state index < -0.39 is 0 Å². The molecule has 1 aromatic rings. The maximum absolute atomic E-state index is 11.1. The van der Waals surface area contributed by atoms with Gasteiger partial charge in [-0.3, -0.25) is 4.79 Å². The fraction of sp³-hybridized carbons (Fsp3) is 0.667. The number of anilines is 1. The molecule has 0 aromatic carbocycles. The first-order valence-electron chi connectivity index (χ1n) is 6.09. The number of hydrogen-bond acceptors (Lipinski definition) is 3. The van der Waals surface area contributed by atoms with Crippen LogP contribution in [0.1, 0.15) is 39.0 Å². The first-order chi connectivity index (χ1) is 7.78. The molecule has 2 rings (SSSR count). The first kappa shape index (κ1) is 11.2. The van der Waals surface area contributed by atoms with E-state index >= 15 is 0 Å². The van der Waals surface area contributed by atoms with Gasteiger partial charge in [0.15, 0.2) is 0 Å². The van der Waals surface area contributed by atoms with Gasteiger partial charge in [-0.2, -0.15) is 0 Å². The van der Waals surface area contributed by atoms with Crippen molar-refractivity contribution in [2.45, 2.75) is 45.1 Å². The Morgan fingerprint density at radius 3 is 2.81 bits per heavy atom. The summed E-state index contributed by atoms with van der Waals surface area (Å²) in [4.78, 5) is 17.7. The van der Waals surface area contributed by atoms with Gasteiger partial charge >= 0.3 is 0 Å². The highest BCUT2D eigenvalue weighted by molar-refractivity contribution is 5.33. The number of aromatic amines is 1. The third-order valence-electron chi connectivity index (χ3n) is 3.45. The lowest BCUT2D eigenvalue weighted by Crippen LogP contribution is -2.27. The summed E-state index contributed by atoms with van der Waals surface area (Å²) in [6.07, 6.45) is 7.69. The third-order valence-corrected chi connectivity index (χ3v) is 3.45. The fourth-order valence-electron chi connectivity index (χ4n) is 2.37. The summed E-state index contributed by atoms with van der Waals surface area (Å²) in [6.45, 7) is 2.26. The molecule has 0 aliphatic heterocycles. The van der Waals surface area contributed by atoms with E-state index in [0.717, 1.165) is 5.92 Å². The third kappa shape index (κ3) is 2.84. The first-order valence-corrected chi connectivity index (χ1v) is 6.09. The van der Waals surface area contributed by atoms with Crippen molar-refractivity contribution in [1.29, 1.82) is 0 Å². The van der Waals surface area contributed by atoms with E-state index in [4.69, 9.17) is 0 Å². The topological polar surface area (TPSA) is 57.8 Å². The molecule has 0 spiro atoms. The van der Waals surface area contributed by atoms with E-state index in [-0.39, 0.29) is 5.56 Å². The molecule has 1 aliphatic carbocycles. The zero-order valence-corrected chi connectivity index (χ0v) is 9.70. The van der Waals surface area contributed by atoms with Crippen molar-refractivity contribution < 1.29 is 0 Å². The predicted molar refractivity (Wildman–Crippen MR) is 64.5 cm³/mol. The summed E-state index contributed by atoms with van der Waals surface area (Å²) < 4.78 is 0. The van der Waals surface area contributed by atoms with E-state index in [9.17, 15) is 4.79 Å². The molecule has 1 aliphatic rings. The average Bonchev–Trinajstić information content (AvgIpc) is 2.30. The van der Waals surface area contributed by atoms with Crippen molar-refractivity contribution in [3.8, 4) is 0 Å². The number of rotatable bonds is 3. The minimum absolute atomic E-state index is 0.0975. The molecule has 1 saturated carbocycles. The normalized spacial score (nSPS) is 25.3. The molecule has 2 N–H and O–H groups in total. The highest BCUT2D eigenvalue weighted by atomic mass is 16.1. The number of hydrogen-bond donors (Lipinski definition) is 2. The van der Waals surface area contributed by atoms with Gasteiger partial charge in [0.1, 0.15) is 5.82 Å². The van der Waals surface area contributed by atoms with Crippen molar-refractivity contribution in [1.82, 2.24) is 9.97 Å². The van der Waals surface area contributed by atoms with Gasteiger partial charge in [0.25, 0.3) is 5.56 Å². The maximum Gasteiger partial charge on any atom is 0.252 e. The van der Waals surface area contributed by atoms with Gasteiger partial charge < -0.3 is 10.3 Å². The summed E-state index contributed by atoms with van der Waals surface area (Å²) in [7, 11) is 0. The smallest absolute Gasteiger partial charge is 0.252 e. The van der Waals surface area contributed by atoms with E-state index in [2.05, 4.69) is 22.2 Å². The van der Waals surface area contributed by atoms with Crippen LogP contribution in [0.25, 0.3) is 0 Å². The molecule has 4 nitrogen and oxygen atoms in total. The summed E-state index contributed by atoms with van der Waals surface area (Å²) >= 11 is 0.